The molecule has 5 heteroatoms. The quantitative estimate of drug-likeness (QED) is 0.788. The van der Waals surface area contributed by atoms with Gasteiger partial charge in [0.25, 0.3) is 0 Å². The first-order valence-corrected chi connectivity index (χ1v) is 5.47. The standard InChI is InChI=1S/C9H9Br2FO2/c1-5(13-2)14-9-7(10)3-6(12)4-8(9)11/h3-5H,1-2H3. The number of benzene rings is 1. The summed E-state index contributed by atoms with van der Waals surface area (Å²) in [4.78, 5) is 0. The van der Waals surface area contributed by atoms with Gasteiger partial charge in [-0.1, -0.05) is 0 Å². The number of ether oxygens (including phenoxy) is 2. The van der Waals surface area contributed by atoms with Crippen LogP contribution in [0.15, 0.2) is 21.1 Å². The Bertz CT molecular complexity index is 308. The maximum atomic E-state index is 12.9. The average molecular weight is 328 g/mol. The fraction of sp³-hybridized carbons (Fsp3) is 0.333. The van der Waals surface area contributed by atoms with Gasteiger partial charge in [-0.2, -0.15) is 0 Å². The van der Waals surface area contributed by atoms with Gasteiger partial charge in [0.1, 0.15) is 5.82 Å². The zero-order valence-corrected chi connectivity index (χ0v) is 10.9. The second kappa shape index (κ2) is 5.09. The van der Waals surface area contributed by atoms with E-state index in [0.29, 0.717) is 14.7 Å². The molecule has 0 radical (unpaired) electrons. The van der Waals surface area contributed by atoms with Crippen LogP contribution in [-0.2, 0) is 4.74 Å². The van der Waals surface area contributed by atoms with Crippen molar-refractivity contribution in [2.24, 2.45) is 0 Å². The Morgan fingerprint density at radius 3 is 2.21 bits per heavy atom. The van der Waals surface area contributed by atoms with Gasteiger partial charge in [0.2, 0.25) is 0 Å². The number of hydrogen-bond acceptors (Lipinski definition) is 2. The number of hydrogen-bond donors (Lipinski definition) is 0. The fourth-order valence-corrected chi connectivity index (χ4v) is 2.17. The summed E-state index contributed by atoms with van der Waals surface area (Å²) in [5.41, 5.74) is 0. The van der Waals surface area contributed by atoms with Crippen molar-refractivity contribution in [3.05, 3.63) is 26.9 Å². The molecule has 0 saturated carbocycles. The minimum atomic E-state index is -0.381. The first-order valence-electron chi connectivity index (χ1n) is 3.88. The summed E-state index contributed by atoms with van der Waals surface area (Å²) in [6, 6.07) is 2.67. The van der Waals surface area contributed by atoms with Crippen molar-refractivity contribution in [2.45, 2.75) is 13.2 Å². The molecule has 14 heavy (non-hydrogen) atoms. The van der Waals surface area contributed by atoms with E-state index < -0.39 is 0 Å². The Hall–Kier alpha value is -0.130. The van der Waals surface area contributed by atoms with E-state index >= 15 is 0 Å². The highest BCUT2D eigenvalue weighted by Crippen LogP contribution is 2.34. The molecule has 0 bridgehead atoms. The predicted octanol–water partition coefficient (Wildman–Crippen LogP) is 3.72. The number of rotatable bonds is 3. The van der Waals surface area contributed by atoms with Crippen LogP contribution in [0, 0.1) is 5.82 Å². The van der Waals surface area contributed by atoms with Gasteiger partial charge in [0, 0.05) is 7.11 Å². The van der Waals surface area contributed by atoms with Gasteiger partial charge >= 0.3 is 0 Å². The monoisotopic (exact) mass is 326 g/mol. The van der Waals surface area contributed by atoms with Crippen molar-refractivity contribution >= 4 is 31.9 Å². The van der Waals surface area contributed by atoms with Gasteiger partial charge < -0.3 is 9.47 Å². The van der Waals surface area contributed by atoms with Crippen LogP contribution in [0.2, 0.25) is 0 Å². The average Bonchev–Trinajstić information content (AvgIpc) is 2.10. The Kier molecular flexibility index (Phi) is 4.34. The Labute approximate surface area is 98.7 Å². The zero-order chi connectivity index (χ0) is 10.7. The predicted molar refractivity (Wildman–Crippen MR) is 58.9 cm³/mol. The minimum absolute atomic E-state index is 0.332. The number of methoxy groups -OCH3 is 1. The van der Waals surface area contributed by atoms with Gasteiger partial charge in [0.15, 0.2) is 12.0 Å². The lowest BCUT2D eigenvalue weighted by Crippen LogP contribution is -2.14. The molecule has 1 atom stereocenters. The normalized spacial score (nSPS) is 12.6. The molecule has 2 nitrogen and oxygen atoms in total. The van der Waals surface area contributed by atoms with Crippen LogP contribution in [-0.4, -0.2) is 13.4 Å². The smallest absolute Gasteiger partial charge is 0.196 e. The number of halogens is 3. The molecule has 0 aromatic heterocycles. The molecule has 1 unspecified atom stereocenters. The lowest BCUT2D eigenvalue weighted by Gasteiger charge is -2.15. The van der Waals surface area contributed by atoms with E-state index in [1.807, 2.05) is 0 Å². The van der Waals surface area contributed by atoms with Crippen molar-refractivity contribution in [3.63, 3.8) is 0 Å². The molecule has 1 aromatic rings. The Balaban J connectivity index is 2.96. The molecule has 0 spiro atoms. The van der Waals surface area contributed by atoms with E-state index in [0.717, 1.165) is 0 Å². The highest BCUT2D eigenvalue weighted by atomic mass is 79.9. The zero-order valence-electron chi connectivity index (χ0n) is 7.68. The lowest BCUT2D eigenvalue weighted by molar-refractivity contribution is -0.0392. The molecule has 1 rings (SSSR count). The molecule has 0 fully saturated rings. The molecule has 0 aliphatic carbocycles. The molecule has 0 aliphatic heterocycles. The third kappa shape index (κ3) is 2.93. The molecule has 0 heterocycles. The third-order valence-corrected chi connectivity index (χ3v) is 2.76. The summed E-state index contributed by atoms with van der Waals surface area (Å²) in [6.07, 6.45) is -0.381. The van der Waals surface area contributed by atoms with E-state index in [-0.39, 0.29) is 12.1 Å². The van der Waals surface area contributed by atoms with Gasteiger partial charge in [-0.3, -0.25) is 0 Å². The van der Waals surface area contributed by atoms with Crippen LogP contribution < -0.4 is 4.74 Å². The summed E-state index contributed by atoms with van der Waals surface area (Å²) in [5, 5.41) is 0. The topological polar surface area (TPSA) is 18.5 Å². The molecule has 0 amide bonds. The van der Waals surface area contributed by atoms with Crippen molar-refractivity contribution in [3.8, 4) is 5.75 Å². The molecular weight excluding hydrogens is 319 g/mol. The van der Waals surface area contributed by atoms with E-state index in [1.54, 1.807) is 6.92 Å². The van der Waals surface area contributed by atoms with Gasteiger partial charge in [-0.15, -0.1) is 0 Å². The Morgan fingerprint density at radius 1 is 1.29 bits per heavy atom. The molecule has 0 aliphatic rings. The highest BCUT2D eigenvalue weighted by molar-refractivity contribution is 9.11. The van der Waals surface area contributed by atoms with Crippen LogP contribution in [0.4, 0.5) is 4.39 Å². The summed E-state index contributed by atoms with van der Waals surface area (Å²) >= 11 is 6.41. The highest BCUT2D eigenvalue weighted by Gasteiger charge is 2.11. The van der Waals surface area contributed by atoms with Crippen LogP contribution in [0.5, 0.6) is 5.75 Å². The molecule has 1 aromatic carbocycles. The maximum absolute atomic E-state index is 12.9. The van der Waals surface area contributed by atoms with Crippen molar-refractivity contribution in [2.75, 3.05) is 7.11 Å². The van der Waals surface area contributed by atoms with Crippen LogP contribution in [0.25, 0.3) is 0 Å². The van der Waals surface area contributed by atoms with E-state index in [9.17, 15) is 4.39 Å². The maximum Gasteiger partial charge on any atom is 0.196 e. The van der Waals surface area contributed by atoms with Crippen LogP contribution in [0.1, 0.15) is 6.92 Å². The van der Waals surface area contributed by atoms with Crippen molar-refractivity contribution < 1.29 is 13.9 Å². The van der Waals surface area contributed by atoms with E-state index in [4.69, 9.17) is 9.47 Å². The van der Waals surface area contributed by atoms with E-state index in [1.165, 1.54) is 19.2 Å². The second-order valence-electron chi connectivity index (χ2n) is 2.62. The SMILES string of the molecule is COC(C)Oc1c(Br)cc(F)cc1Br. The second-order valence-corrected chi connectivity index (χ2v) is 4.33. The molecule has 0 saturated heterocycles. The van der Waals surface area contributed by atoms with Gasteiger partial charge in [-0.05, 0) is 50.9 Å². The van der Waals surface area contributed by atoms with Gasteiger partial charge in [0.05, 0.1) is 8.95 Å². The summed E-state index contributed by atoms with van der Waals surface area (Å²) in [7, 11) is 1.54. The molecule has 0 N–H and O–H groups in total. The van der Waals surface area contributed by atoms with E-state index in [2.05, 4.69) is 31.9 Å². The van der Waals surface area contributed by atoms with Crippen LogP contribution in [0.3, 0.4) is 0 Å². The fourth-order valence-electron chi connectivity index (χ4n) is 0.856. The first-order chi connectivity index (χ1) is 6.54. The van der Waals surface area contributed by atoms with Crippen molar-refractivity contribution in [1.82, 2.24) is 0 Å². The summed E-state index contributed by atoms with van der Waals surface area (Å²) in [5.74, 6) is 0.196. The largest absolute Gasteiger partial charge is 0.463 e. The molecule has 78 valence electrons. The first kappa shape index (κ1) is 11.9. The lowest BCUT2D eigenvalue weighted by atomic mass is 10.3. The van der Waals surface area contributed by atoms with Crippen LogP contribution >= 0.6 is 31.9 Å². The van der Waals surface area contributed by atoms with Crippen molar-refractivity contribution in [1.29, 1.82) is 0 Å². The third-order valence-electron chi connectivity index (χ3n) is 1.58. The summed E-state index contributed by atoms with van der Waals surface area (Å²) in [6.45, 7) is 1.75. The minimum Gasteiger partial charge on any atom is -0.463 e. The Morgan fingerprint density at radius 2 is 1.79 bits per heavy atom. The molecular formula is C9H9Br2FO2. The van der Waals surface area contributed by atoms with Gasteiger partial charge in [-0.25, -0.2) is 4.39 Å². The summed E-state index contributed by atoms with van der Waals surface area (Å²) < 4.78 is 24.3.